The van der Waals surface area contributed by atoms with Gasteiger partial charge in [-0.05, 0) is 37.5 Å². The van der Waals surface area contributed by atoms with E-state index in [0.717, 1.165) is 5.56 Å². The van der Waals surface area contributed by atoms with Crippen LogP contribution in [0.5, 0.6) is 0 Å². The zero-order valence-electron chi connectivity index (χ0n) is 11.5. The van der Waals surface area contributed by atoms with Crippen LogP contribution in [-0.4, -0.2) is 16.9 Å². The lowest BCUT2D eigenvalue weighted by Gasteiger charge is -2.16. The summed E-state index contributed by atoms with van der Waals surface area (Å²) in [5.74, 6) is 0.598. The number of nitrogens with one attached hydrogen (secondary N) is 1. The van der Waals surface area contributed by atoms with Crippen LogP contribution in [0.2, 0.25) is 10.0 Å². The van der Waals surface area contributed by atoms with E-state index in [1.165, 1.54) is 25.7 Å². The van der Waals surface area contributed by atoms with Crippen LogP contribution < -0.4 is 5.32 Å². The van der Waals surface area contributed by atoms with Crippen LogP contribution in [-0.2, 0) is 4.79 Å². The summed E-state index contributed by atoms with van der Waals surface area (Å²) in [7, 11) is 0. The summed E-state index contributed by atoms with van der Waals surface area (Å²) in [6.45, 7) is 1.94. The molecule has 2 rings (SSSR count). The van der Waals surface area contributed by atoms with E-state index in [4.69, 9.17) is 23.2 Å². The van der Waals surface area contributed by atoms with Crippen molar-refractivity contribution in [2.24, 2.45) is 0 Å². The summed E-state index contributed by atoms with van der Waals surface area (Å²) < 4.78 is 0. The van der Waals surface area contributed by atoms with Crippen molar-refractivity contribution in [3.8, 4) is 0 Å². The molecule has 1 aromatic carbocycles. The molecule has 1 saturated carbocycles. The molecule has 0 unspecified atom stereocenters. The summed E-state index contributed by atoms with van der Waals surface area (Å²) in [6.07, 6.45) is 5.10. The molecule has 1 atom stereocenters. The number of halogens is 2. The third kappa shape index (κ3) is 4.57. The van der Waals surface area contributed by atoms with E-state index in [1.54, 1.807) is 23.9 Å². The van der Waals surface area contributed by atoms with Crippen molar-refractivity contribution >= 4 is 40.9 Å². The Balaban J connectivity index is 1.83. The first-order valence-electron chi connectivity index (χ1n) is 6.92. The molecule has 1 N–H and O–H groups in total. The normalized spacial score (nSPS) is 17.1. The summed E-state index contributed by atoms with van der Waals surface area (Å²) in [4.78, 5) is 12.0. The maximum atomic E-state index is 12.0. The lowest BCUT2D eigenvalue weighted by Crippen LogP contribution is -2.28. The van der Waals surface area contributed by atoms with Crippen LogP contribution in [0.4, 0.5) is 0 Å². The van der Waals surface area contributed by atoms with E-state index in [-0.39, 0.29) is 11.9 Å². The highest BCUT2D eigenvalue weighted by Crippen LogP contribution is 2.29. The molecule has 1 aliphatic carbocycles. The van der Waals surface area contributed by atoms with E-state index < -0.39 is 0 Å². The molecule has 0 saturated heterocycles. The SMILES string of the molecule is C[C@H](NC(=O)CSC1CCCC1)c1ccc(Cl)cc1Cl. The number of thioether (sulfide) groups is 1. The minimum atomic E-state index is -0.101. The fraction of sp³-hybridized carbons (Fsp3) is 0.533. The second-order valence-corrected chi connectivity index (χ2v) is 7.30. The summed E-state index contributed by atoms with van der Waals surface area (Å²) >= 11 is 13.8. The van der Waals surface area contributed by atoms with E-state index in [2.05, 4.69) is 5.32 Å². The monoisotopic (exact) mass is 331 g/mol. The smallest absolute Gasteiger partial charge is 0.230 e. The van der Waals surface area contributed by atoms with Gasteiger partial charge in [0.05, 0.1) is 11.8 Å². The molecule has 1 fully saturated rings. The Labute approximate surface area is 134 Å². The Morgan fingerprint density at radius 1 is 1.40 bits per heavy atom. The van der Waals surface area contributed by atoms with Gasteiger partial charge in [0.25, 0.3) is 0 Å². The summed E-state index contributed by atoms with van der Waals surface area (Å²) in [5, 5.41) is 4.85. The van der Waals surface area contributed by atoms with Crippen LogP contribution in [0, 0.1) is 0 Å². The van der Waals surface area contributed by atoms with Crippen molar-refractivity contribution in [3.05, 3.63) is 33.8 Å². The number of amides is 1. The third-order valence-corrected chi connectivity index (χ3v) is 5.49. The van der Waals surface area contributed by atoms with Gasteiger partial charge in [0.15, 0.2) is 0 Å². The topological polar surface area (TPSA) is 29.1 Å². The van der Waals surface area contributed by atoms with Gasteiger partial charge in [-0.2, -0.15) is 0 Å². The minimum absolute atomic E-state index is 0.0698. The maximum Gasteiger partial charge on any atom is 0.230 e. The quantitative estimate of drug-likeness (QED) is 0.835. The molecule has 1 amide bonds. The van der Waals surface area contributed by atoms with Crippen LogP contribution >= 0.6 is 35.0 Å². The highest BCUT2D eigenvalue weighted by atomic mass is 35.5. The van der Waals surface area contributed by atoms with Gasteiger partial charge in [-0.25, -0.2) is 0 Å². The van der Waals surface area contributed by atoms with Gasteiger partial charge in [-0.15, -0.1) is 11.8 Å². The summed E-state index contributed by atoms with van der Waals surface area (Å²) in [5.41, 5.74) is 0.898. The molecule has 110 valence electrons. The third-order valence-electron chi connectivity index (χ3n) is 3.56. The van der Waals surface area contributed by atoms with E-state index >= 15 is 0 Å². The highest BCUT2D eigenvalue weighted by Gasteiger charge is 2.18. The lowest BCUT2D eigenvalue weighted by molar-refractivity contribution is -0.119. The number of hydrogen-bond donors (Lipinski definition) is 1. The molecular weight excluding hydrogens is 313 g/mol. The Kier molecular flexibility index (Phi) is 6.06. The van der Waals surface area contributed by atoms with Crippen molar-refractivity contribution in [2.45, 2.75) is 43.9 Å². The van der Waals surface area contributed by atoms with Crippen LogP contribution in [0.15, 0.2) is 18.2 Å². The molecule has 0 aliphatic heterocycles. The first-order chi connectivity index (χ1) is 9.56. The van der Waals surface area contributed by atoms with E-state index in [9.17, 15) is 4.79 Å². The molecule has 0 aromatic heterocycles. The van der Waals surface area contributed by atoms with Gasteiger partial charge in [-0.1, -0.05) is 42.1 Å². The van der Waals surface area contributed by atoms with Gasteiger partial charge >= 0.3 is 0 Å². The number of carbonyl (C=O) groups is 1. The first-order valence-corrected chi connectivity index (χ1v) is 8.72. The zero-order valence-corrected chi connectivity index (χ0v) is 13.8. The number of benzene rings is 1. The van der Waals surface area contributed by atoms with Gasteiger partial charge in [0.2, 0.25) is 5.91 Å². The van der Waals surface area contributed by atoms with Gasteiger partial charge < -0.3 is 5.32 Å². The molecule has 0 radical (unpaired) electrons. The Morgan fingerprint density at radius 2 is 2.10 bits per heavy atom. The molecule has 0 bridgehead atoms. The van der Waals surface area contributed by atoms with Gasteiger partial charge in [-0.3, -0.25) is 4.79 Å². The van der Waals surface area contributed by atoms with E-state index in [0.29, 0.717) is 21.0 Å². The molecule has 5 heteroatoms. The average molecular weight is 332 g/mol. The number of rotatable bonds is 5. The van der Waals surface area contributed by atoms with Crippen LogP contribution in [0.25, 0.3) is 0 Å². The molecule has 1 aliphatic rings. The van der Waals surface area contributed by atoms with E-state index in [1.807, 2.05) is 13.0 Å². The molecule has 2 nitrogen and oxygen atoms in total. The Bertz CT molecular complexity index is 475. The minimum Gasteiger partial charge on any atom is -0.349 e. The predicted molar refractivity (Wildman–Crippen MR) is 87.7 cm³/mol. The molecular formula is C15H19Cl2NOS. The first kappa shape index (κ1) is 16.0. The van der Waals surface area contributed by atoms with Crippen LogP contribution in [0.1, 0.15) is 44.2 Å². The predicted octanol–water partition coefficient (Wildman–Crippen LogP) is 4.85. The fourth-order valence-electron chi connectivity index (χ4n) is 2.46. The largest absolute Gasteiger partial charge is 0.349 e. The molecule has 0 heterocycles. The number of carbonyl (C=O) groups excluding carboxylic acids is 1. The standard InChI is InChI=1S/C15H19Cl2NOS/c1-10(13-7-6-11(16)8-14(13)17)18-15(19)9-20-12-4-2-3-5-12/h6-8,10,12H,2-5,9H2,1H3,(H,18,19)/t10-/m0/s1. The Morgan fingerprint density at radius 3 is 2.75 bits per heavy atom. The van der Waals surface area contributed by atoms with Crippen molar-refractivity contribution in [1.82, 2.24) is 5.32 Å². The molecule has 1 aromatic rings. The Hall–Kier alpha value is -0.380. The fourth-order valence-corrected chi connectivity index (χ4v) is 4.17. The van der Waals surface area contributed by atoms with Crippen molar-refractivity contribution in [1.29, 1.82) is 0 Å². The van der Waals surface area contributed by atoms with Crippen molar-refractivity contribution in [3.63, 3.8) is 0 Å². The average Bonchev–Trinajstić information content (AvgIpc) is 2.89. The van der Waals surface area contributed by atoms with Gasteiger partial charge in [0.1, 0.15) is 0 Å². The van der Waals surface area contributed by atoms with Crippen molar-refractivity contribution in [2.75, 3.05) is 5.75 Å². The highest BCUT2D eigenvalue weighted by molar-refractivity contribution is 8.00. The van der Waals surface area contributed by atoms with Crippen LogP contribution in [0.3, 0.4) is 0 Å². The second-order valence-electron chi connectivity index (χ2n) is 5.17. The molecule has 0 spiro atoms. The summed E-state index contributed by atoms with van der Waals surface area (Å²) in [6, 6.07) is 5.25. The maximum absolute atomic E-state index is 12.0. The second kappa shape index (κ2) is 7.58. The number of hydrogen-bond acceptors (Lipinski definition) is 2. The zero-order chi connectivity index (χ0) is 14.5. The molecule has 20 heavy (non-hydrogen) atoms. The van der Waals surface area contributed by atoms with Crippen molar-refractivity contribution < 1.29 is 4.79 Å². The lowest BCUT2D eigenvalue weighted by atomic mass is 10.1. The van der Waals surface area contributed by atoms with Gasteiger partial charge in [0, 0.05) is 15.3 Å².